The van der Waals surface area contributed by atoms with E-state index in [2.05, 4.69) is 10.6 Å². The molecule has 15 heavy (non-hydrogen) atoms. The van der Waals surface area contributed by atoms with Crippen LogP contribution >= 0.6 is 0 Å². The first-order valence-corrected chi connectivity index (χ1v) is 5.60. The number of aliphatic hydroxyl groups is 1. The average molecular weight is 216 g/mol. The highest BCUT2D eigenvalue weighted by molar-refractivity contribution is 5.77. The maximum absolute atomic E-state index is 11.2. The highest BCUT2D eigenvalue weighted by atomic mass is 16.3. The van der Waals surface area contributed by atoms with Gasteiger partial charge in [-0.15, -0.1) is 0 Å². The Kier molecular flexibility index (Phi) is 6.52. The molecule has 0 saturated heterocycles. The molecule has 0 aromatic carbocycles. The van der Waals surface area contributed by atoms with Gasteiger partial charge in [0.05, 0.1) is 12.1 Å². The van der Waals surface area contributed by atoms with Gasteiger partial charge < -0.3 is 15.7 Å². The molecule has 1 amide bonds. The van der Waals surface area contributed by atoms with Crippen LogP contribution < -0.4 is 10.6 Å². The van der Waals surface area contributed by atoms with E-state index in [1.165, 1.54) is 0 Å². The minimum Gasteiger partial charge on any atom is -0.389 e. The van der Waals surface area contributed by atoms with Crippen LogP contribution in [0.25, 0.3) is 0 Å². The maximum Gasteiger partial charge on any atom is 0.233 e. The molecule has 0 fully saturated rings. The van der Waals surface area contributed by atoms with E-state index >= 15 is 0 Å². The minimum absolute atomic E-state index is 0.0172. The van der Waals surface area contributed by atoms with Gasteiger partial charge in [-0.1, -0.05) is 20.8 Å². The van der Waals surface area contributed by atoms with Crippen molar-refractivity contribution < 1.29 is 9.90 Å². The van der Waals surface area contributed by atoms with Crippen LogP contribution in [-0.2, 0) is 4.79 Å². The molecule has 0 radical (unpaired) electrons. The summed E-state index contributed by atoms with van der Waals surface area (Å²) in [6.07, 6.45) is 0.940. The number of hydrogen-bond donors (Lipinski definition) is 3. The summed E-state index contributed by atoms with van der Waals surface area (Å²) in [6, 6.07) is 0. The van der Waals surface area contributed by atoms with Crippen LogP contribution in [0.2, 0.25) is 0 Å². The van der Waals surface area contributed by atoms with Crippen LogP contribution in [0.4, 0.5) is 0 Å². The number of carbonyl (C=O) groups excluding carboxylic acids is 1. The van der Waals surface area contributed by atoms with E-state index in [-0.39, 0.29) is 18.4 Å². The molecule has 0 aromatic rings. The van der Waals surface area contributed by atoms with E-state index in [0.29, 0.717) is 13.1 Å². The van der Waals surface area contributed by atoms with Crippen molar-refractivity contribution in [3.05, 3.63) is 0 Å². The number of hydrogen-bond acceptors (Lipinski definition) is 3. The summed E-state index contributed by atoms with van der Waals surface area (Å²) in [6.45, 7) is 9.11. The quantitative estimate of drug-likeness (QED) is 0.581. The van der Waals surface area contributed by atoms with Crippen LogP contribution in [0.3, 0.4) is 0 Å². The predicted molar refractivity (Wildman–Crippen MR) is 61.6 cm³/mol. The number of carbonyl (C=O) groups is 1. The number of rotatable bonds is 7. The SMILES string of the molecule is CCCNC(=O)CNCC(C)(O)C(C)C. The van der Waals surface area contributed by atoms with Crippen molar-refractivity contribution in [1.29, 1.82) is 0 Å². The smallest absolute Gasteiger partial charge is 0.233 e. The molecular weight excluding hydrogens is 192 g/mol. The largest absolute Gasteiger partial charge is 0.389 e. The lowest BCUT2D eigenvalue weighted by molar-refractivity contribution is -0.120. The topological polar surface area (TPSA) is 61.4 Å². The lowest BCUT2D eigenvalue weighted by Crippen LogP contribution is -2.45. The molecule has 4 nitrogen and oxygen atoms in total. The average Bonchev–Trinajstić information content (AvgIpc) is 2.14. The van der Waals surface area contributed by atoms with E-state index in [1.54, 1.807) is 6.92 Å². The molecule has 0 rings (SSSR count). The third-order valence-electron chi connectivity index (χ3n) is 2.58. The van der Waals surface area contributed by atoms with Crippen LogP contribution in [0.15, 0.2) is 0 Å². The molecule has 1 unspecified atom stereocenters. The lowest BCUT2D eigenvalue weighted by Gasteiger charge is -2.27. The fraction of sp³-hybridized carbons (Fsp3) is 0.909. The molecule has 0 spiro atoms. The Hall–Kier alpha value is -0.610. The van der Waals surface area contributed by atoms with Crippen molar-refractivity contribution in [3.8, 4) is 0 Å². The van der Waals surface area contributed by atoms with Gasteiger partial charge in [0, 0.05) is 13.1 Å². The van der Waals surface area contributed by atoms with E-state index < -0.39 is 5.60 Å². The molecule has 0 bridgehead atoms. The second kappa shape index (κ2) is 6.80. The normalized spacial score (nSPS) is 15.1. The Bertz CT molecular complexity index is 191. The van der Waals surface area contributed by atoms with Crippen molar-refractivity contribution in [2.45, 2.75) is 39.7 Å². The van der Waals surface area contributed by atoms with Gasteiger partial charge in [-0.2, -0.15) is 0 Å². The Morgan fingerprint density at radius 3 is 2.53 bits per heavy atom. The van der Waals surface area contributed by atoms with Crippen molar-refractivity contribution in [1.82, 2.24) is 10.6 Å². The third-order valence-corrected chi connectivity index (χ3v) is 2.58. The summed E-state index contributed by atoms with van der Waals surface area (Å²) in [7, 11) is 0. The fourth-order valence-corrected chi connectivity index (χ4v) is 0.960. The highest BCUT2D eigenvalue weighted by Gasteiger charge is 2.24. The van der Waals surface area contributed by atoms with Crippen LogP contribution in [0, 0.1) is 5.92 Å². The Morgan fingerprint density at radius 2 is 2.07 bits per heavy atom. The Balaban J connectivity index is 3.65. The molecule has 0 aliphatic carbocycles. The first-order chi connectivity index (χ1) is 6.90. The molecule has 0 heterocycles. The summed E-state index contributed by atoms with van der Waals surface area (Å²) >= 11 is 0. The van der Waals surface area contributed by atoms with E-state index in [0.717, 1.165) is 6.42 Å². The third kappa shape index (κ3) is 6.47. The summed E-state index contributed by atoms with van der Waals surface area (Å²) in [5, 5.41) is 15.6. The summed E-state index contributed by atoms with van der Waals surface area (Å²) in [5.74, 6) is 0.153. The maximum atomic E-state index is 11.2. The molecule has 1 atom stereocenters. The predicted octanol–water partition coefficient (Wildman–Crippen LogP) is 0.509. The van der Waals surface area contributed by atoms with Gasteiger partial charge >= 0.3 is 0 Å². The van der Waals surface area contributed by atoms with E-state index in [9.17, 15) is 9.90 Å². The zero-order valence-electron chi connectivity index (χ0n) is 10.3. The van der Waals surface area contributed by atoms with Crippen molar-refractivity contribution in [3.63, 3.8) is 0 Å². The lowest BCUT2D eigenvalue weighted by atomic mass is 9.93. The van der Waals surface area contributed by atoms with Gasteiger partial charge in [0.25, 0.3) is 0 Å². The summed E-state index contributed by atoms with van der Waals surface area (Å²) < 4.78 is 0. The molecule has 0 aliphatic heterocycles. The monoisotopic (exact) mass is 216 g/mol. The zero-order valence-corrected chi connectivity index (χ0v) is 10.3. The second-order valence-corrected chi connectivity index (χ2v) is 4.47. The van der Waals surface area contributed by atoms with Gasteiger partial charge in [0.15, 0.2) is 0 Å². The summed E-state index contributed by atoms with van der Waals surface area (Å²) in [5.41, 5.74) is -0.759. The molecule has 0 aliphatic rings. The minimum atomic E-state index is -0.759. The van der Waals surface area contributed by atoms with Gasteiger partial charge in [-0.3, -0.25) is 4.79 Å². The first-order valence-electron chi connectivity index (χ1n) is 5.60. The van der Waals surface area contributed by atoms with Gasteiger partial charge in [0.2, 0.25) is 5.91 Å². The molecule has 4 heteroatoms. The van der Waals surface area contributed by atoms with E-state index in [4.69, 9.17) is 0 Å². The Morgan fingerprint density at radius 1 is 1.47 bits per heavy atom. The zero-order chi connectivity index (χ0) is 11.9. The van der Waals surface area contributed by atoms with Crippen molar-refractivity contribution in [2.24, 2.45) is 5.92 Å². The molecule has 90 valence electrons. The van der Waals surface area contributed by atoms with Crippen molar-refractivity contribution >= 4 is 5.91 Å². The molecule has 0 aromatic heterocycles. The molecule has 0 saturated carbocycles. The summed E-state index contributed by atoms with van der Waals surface area (Å²) in [4.78, 5) is 11.2. The van der Waals surface area contributed by atoms with Gasteiger partial charge in [-0.25, -0.2) is 0 Å². The molecule has 3 N–H and O–H groups in total. The standard InChI is InChI=1S/C11H24N2O2/c1-5-6-13-10(14)7-12-8-11(4,15)9(2)3/h9,12,15H,5-8H2,1-4H3,(H,13,14). The van der Waals surface area contributed by atoms with Crippen LogP contribution in [0.1, 0.15) is 34.1 Å². The van der Waals surface area contributed by atoms with Crippen LogP contribution in [-0.4, -0.2) is 36.2 Å². The molecular formula is C11H24N2O2. The fourth-order valence-electron chi connectivity index (χ4n) is 0.960. The Labute approximate surface area is 92.4 Å². The van der Waals surface area contributed by atoms with Gasteiger partial charge in [-0.05, 0) is 19.3 Å². The highest BCUT2D eigenvalue weighted by Crippen LogP contribution is 2.13. The second-order valence-electron chi connectivity index (χ2n) is 4.47. The van der Waals surface area contributed by atoms with Crippen molar-refractivity contribution in [2.75, 3.05) is 19.6 Å². The number of nitrogens with one attached hydrogen (secondary N) is 2. The first kappa shape index (κ1) is 14.4. The van der Waals surface area contributed by atoms with E-state index in [1.807, 2.05) is 20.8 Å². The van der Waals surface area contributed by atoms with Gasteiger partial charge in [0.1, 0.15) is 0 Å². The van der Waals surface area contributed by atoms with Crippen LogP contribution in [0.5, 0.6) is 0 Å². The number of amides is 1.